The zero-order chi connectivity index (χ0) is 34.5. The molecule has 0 spiro atoms. The highest BCUT2D eigenvalue weighted by Crippen LogP contribution is 2.34. The van der Waals surface area contributed by atoms with Crippen LogP contribution in [0.2, 0.25) is 0 Å². The van der Waals surface area contributed by atoms with E-state index in [1.54, 1.807) is 0 Å². The number of nitrogens with two attached hydrogens (primary N) is 1. The van der Waals surface area contributed by atoms with E-state index in [-0.39, 0.29) is 30.4 Å². The molecule has 5 heterocycles. The van der Waals surface area contributed by atoms with Crippen molar-refractivity contribution in [3.8, 4) is 0 Å². The van der Waals surface area contributed by atoms with Crippen molar-refractivity contribution in [2.24, 2.45) is 11.7 Å². The average molecular weight is 681 g/mol. The van der Waals surface area contributed by atoms with E-state index in [0.29, 0.717) is 38.8 Å². The van der Waals surface area contributed by atoms with Crippen LogP contribution in [0.15, 0.2) is 24.1 Å². The number of hydrogen-bond donors (Lipinski definition) is 7. The maximum Gasteiger partial charge on any atom is 0.309 e. The summed E-state index contributed by atoms with van der Waals surface area (Å²) in [6.45, 7) is 3.10. The van der Waals surface area contributed by atoms with Crippen molar-refractivity contribution < 1.29 is 57.9 Å². The molecule has 0 bridgehead atoms. The van der Waals surface area contributed by atoms with Crippen molar-refractivity contribution in [2.75, 3.05) is 26.9 Å². The van der Waals surface area contributed by atoms with Crippen molar-refractivity contribution in [3.05, 3.63) is 24.1 Å². The normalized spacial score (nSPS) is 35.0. The van der Waals surface area contributed by atoms with Gasteiger partial charge in [0.1, 0.15) is 30.5 Å². The first-order valence-corrected chi connectivity index (χ1v) is 16.1. The lowest BCUT2D eigenvalue weighted by Crippen LogP contribution is -2.54. The van der Waals surface area contributed by atoms with Crippen LogP contribution >= 0.6 is 0 Å². The Kier molecular flexibility index (Phi) is 11.5. The number of piperidine rings is 1. The van der Waals surface area contributed by atoms with E-state index in [1.807, 2.05) is 6.92 Å². The van der Waals surface area contributed by atoms with Crippen molar-refractivity contribution in [2.45, 2.75) is 100 Å². The predicted octanol–water partition coefficient (Wildman–Crippen LogP) is -3.45. The molecule has 18 nitrogen and oxygen atoms in total. The molecule has 0 aromatic rings. The van der Waals surface area contributed by atoms with Gasteiger partial charge in [-0.2, -0.15) is 0 Å². The summed E-state index contributed by atoms with van der Waals surface area (Å²) < 4.78 is 29.3. The van der Waals surface area contributed by atoms with Gasteiger partial charge in [0.15, 0.2) is 24.2 Å². The fourth-order valence-corrected chi connectivity index (χ4v) is 6.36. The maximum atomic E-state index is 13.3. The molecule has 5 rings (SSSR count). The van der Waals surface area contributed by atoms with Gasteiger partial charge in [-0.15, -0.1) is 0 Å². The van der Waals surface area contributed by atoms with E-state index < -0.39 is 78.7 Å². The number of ether oxygens (including phenoxy) is 5. The quantitative estimate of drug-likeness (QED) is 0.111. The number of hydrogen-bond acceptors (Lipinski definition) is 14. The number of esters is 1. The summed E-state index contributed by atoms with van der Waals surface area (Å²) in [4.78, 5) is 65.2. The van der Waals surface area contributed by atoms with E-state index in [1.165, 1.54) is 24.3 Å². The molecule has 1 unspecified atom stereocenters. The van der Waals surface area contributed by atoms with Gasteiger partial charge in [0, 0.05) is 25.4 Å². The second kappa shape index (κ2) is 15.6. The number of methoxy groups -OCH3 is 1. The minimum atomic E-state index is -1.81. The summed E-state index contributed by atoms with van der Waals surface area (Å²) in [6.07, 6.45) is -5.16. The molecule has 0 saturated carbocycles. The lowest BCUT2D eigenvalue weighted by molar-refractivity contribution is -0.241. The zero-order valence-corrected chi connectivity index (χ0v) is 26.7. The molecule has 18 heteroatoms. The summed E-state index contributed by atoms with van der Waals surface area (Å²) in [5.41, 5.74) is 5.76. The molecule has 5 aliphatic rings. The lowest BCUT2D eigenvalue weighted by Gasteiger charge is -2.35. The number of carbonyl (C=O) groups excluding carboxylic acids is 5. The predicted molar refractivity (Wildman–Crippen MR) is 161 cm³/mol. The molecule has 0 radical (unpaired) electrons. The first-order chi connectivity index (χ1) is 23.0. The van der Waals surface area contributed by atoms with E-state index in [2.05, 4.69) is 21.3 Å². The minimum Gasteiger partial charge on any atom is -0.456 e. The molecule has 3 saturated heterocycles. The Hall–Kier alpha value is -3.81. The fraction of sp³-hybridized carbons (Fsp3) is 0.700. The highest BCUT2D eigenvalue weighted by Gasteiger charge is 2.55. The molecule has 266 valence electrons. The van der Waals surface area contributed by atoms with Gasteiger partial charge in [-0.25, -0.2) is 0 Å². The topological polar surface area (TPSA) is 249 Å². The molecular formula is C30H44N6O12. The second-order valence-electron chi connectivity index (χ2n) is 12.5. The molecule has 48 heavy (non-hydrogen) atoms. The molecule has 4 amide bonds. The number of carbonyl (C=O) groups is 5. The molecular weight excluding hydrogens is 636 g/mol. The van der Waals surface area contributed by atoms with Gasteiger partial charge in [0.2, 0.25) is 24.0 Å². The summed E-state index contributed by atoms with van der Waals surface area (Å²) in [5, 5.41) is 32.5. The smallest absolute Gasteiger partial charge is 0.309 e. The Morgan fingerprint density at radius 3 is 2.54 bits per heavy atom. The molecule has 3 fully saturated rings. The molecule has 0 aliphatic carbocycles. The highest BCUT2D eigenvalue weighted by molar-refractivity contribution is 5.95. The van der Waals surface area contributed by atoms with Gasteiger partial charge in [0.25, 0.3) is 5.91 Å². The number of primary amides is 1. The summed E-state index contributed by atoms with van der Waals surface area (Å²) >= 11 is 0. The standard InChI is InChI=1S/C30H44N6O12/c1-14-4-3-5-16(26(41)34-14)35-27(42)18-12-17(37)20(39)30(45-18)48-23(25(31)40)22-21(44-2)24(47-29(43)15-6-9-32-10-7-15)28(46-22)36-11-8-19(38)33-13-36/h8,11-12,14-17,20-24,28,30,32,37,39H,3-7,9-10,13H2,1-2H3,(H2,31,40)(H,33,38)(H,34,41)(H,35,42)/t14-,16?,17+,20+,21-,22+,23-,24-,28-,30-/m1/s1. The van der Waals surface area contributed by atoms with Crippen LogP contribution in [0.5, 0.6) is 0 Å². The number of rotatable bonds is 10. The maximum absolute atomic E-state index is 13.3. The third kappa shape index (κ3) is 8.07. The average Bonchev–Trinajstić information content (AvgIpc) is 3.33. The van der Waals surface area contributed by atoms with Gasteiger partial charge < -0.3 is 65.8 Å². The number of nitrogens with zero attached hydrogens (tertiary/aromatic N) is 1. The summed E-state index contributed by atoms with van der Waals surface area (Å²) in [7, 11) is 1.31. The van der Waals surface area contributed by atoms with Crippen LogP contribution in [-0.2, 0) is 47.7 Å². The molecule has 0 aromatic carbocycles. The Morgan fingerprint density at radius 1 is 1.12 bits per heavy atom. The lowest BCUT2D eigenvalue weighted by atomic mass is 9.98. The monoisotopic (exact) mass is 680 g/mol. The Balaban J connectivity index is 1.34. The van der Waals surface area contributed by atoms with Gasteiger partial charge in [-0.05, 0) is 58.2 Å². The Labute approximate surface area is 276 Å². The number of nitrogens with one attached hydrogen (secondary N) is 4. The zero-order valence-electron chi connectivity index (χ0n) is 26.7. The van der Waals surface area contributed by atoms with E-state index in [0.717, 1.165) is 12.5 Å². The van der Waals surface area contributed by atoms with E-state index in [9.17, 15) is 34.2 Å². The Bertz CT molecular complexity index is 1290. The molecule has 5 aliphatic heterocycles. The largest absolute Gasteiger partial charge is 0.456 e. The van der Waals surface area contributed by atoms with Crippen LogP contribution in [-0.4, -0.2) is 133 Å². The molecule has 0 aromatic heterocycles. The fourth-order valence-electron chi connectivity index (χ4n) is 6.36. The number of amides is 4. The van der Waals surface area contributed by atoms with Crippen LogP contribution in [0.3, 0.4) is 0 Å². The number of aliphatic hydroxyl groups excluding tert-OH is 2. The summed E-state index contributed by atoms with van der Waals surface area (Å²) in [5.74, 6) is -3.99. The first kappa shape index (κ1) is 35.5. The Morgan fingerprint density at radius 2 is 1.88 bits per heavy atom. The van der Waals surface area contributed by atoms with Gasteiger partial charge in [-0.1, -0.05) is 0 Å². The van der Waals surface area contributed by atoms with Crippen molar-refractivity contribution in [3.63, 3.8) is 0 Å². The van der Waals surface area contributed by atoms with Gasteiger partial charge in [-0.3, -0.25) is 24.0 Å². The minimum absolute atomic E-state index is 0.0233. The van der Waals surface area contributed by atoms with Crippen molar-refractivity contribution in [1.82, 2.24) is 26.2 Å². The summed E-state index contributed by atoms with van der Waals surface area (Å²) in [6, 6.07) is -0.922. The first-order valence-electron chi connectivity index (χ1n) is 16.1. The van der Waals surface area contributed by atoms with Crippen LogP contribution in [0, 0.1) is 5.92 Å². The second-order valence-corrected chi connectivity index (χ2v) is 12.5. The van der Waals surface area contributed by atoms with Crippen LogP contribution in [0.1, 0.15) is 39.0 Å². The van der Waals surface area contributed by atoms with Crippen molar-refractivity contribution in [1.29, 1.82) is 0 Å². The van der Waals surface area contributed by atoms with Gasteiger partial charge in [0.05, 0.1) is 12.6 Å². The third-order valence-electron chi connectivity index (χ3n) is 9.02. The number of aliphatic hydroxyl groups is 2. The van der Waals surface area contributed by atoms with E-state index >= 15 is 0 Å². The SMILES string of the molecule is CO[C@H]1[C@@H](OC(=O)C2CCNCC2)[C@H](N2C=CC(=O)NC2)O[C@@H]1[C@@H](O[C@H]1OC(C(=O)NC2CCC[C@@H](C)NC2=O)=C[C@H](O)[C@@H]1O)C(N)=O. The third-order valence-corrected chi connectivity index (χ3v) is 9.02. The van der Waals surface area contributed by atoms with E-state index in [4.69, 9.17) is 29.4 Å². The van der Waals surface area contributed by atoms with Crippen LogP contribution in [0.4, 0.5) is 0 Å². The van der Waals surface area contributed by atoms with Crippen molar-refractivity contribution >= 4 is 29.6 Å². The molecule has 8 N–H and O–H groups in total. The van der Waals surface area contributed by atoms with Crippen LogP contribution in [0.25, 0.3) is 0 Å². The van der Waals surface area contributed by atoms with Gasteiger partial charge >= 0.3 is 5.97 Å². The molecule has 10 atom stereocenters. The van der Waals surface area contributed by atoms with Crippen LogP contribution < -0.4 is 27.0 Å². The highest BCUT2D eigenvalue weighted by atomic mass is 16.7.